The van der Waals surface area contributed by atoms with E-state index in [0.717, 1.165) is 37.5 Å². The van der Waals surface area contributed by atoms with E-state index < -0.39 is 0 Å². The van der Waals surface area contributed by atoms with Crippen molar-refractivity contribution in [1.29, 1.82) is 0 Å². The van der Waals surface area contributed by atoms with Crippen molar-refractivity contribution < 1.29 is 4.79 Å². The molecule has 0 unspecified atom stereocenters. The minimum atomic E-state index is -0.0112. The number of benzene rings is 1. The van der Waals surface area contributed by atoms with E-state index in [1.54, 1.807) is 12.1 Å². The number of hydrogen-bond acceptors (Lipinski definition) is 3. The molecular weight excluding hydrogens is 244 g/mol. The highest BCUT2D eigenvalue weighted by molar-refractivity contribution is 7.80. The number of carbonyl (C=O) groups is 1. The third kappa shape index (κ3) is 5.10. The van der Waals surface area contributed by atoms with Crippen LogP contribution in [0.25, 0.3) is 0 Å². The summed E-state index contributed by atoms with van der Waals surface area (Å²) in [4.78, 5) is 15.0. The molecule has 0 bridgehead atoms. The van der Waals surface area contributed by atoms with Gasteiger partial charge in [0.2, 0.25) is 0 Å². The van der Waals surface area contributed by atoms with Gasteiger partial charge in [0.15, 0.2) is 0 Å². The fourth-order valence-electron chi connectivity index (χ4n) is 1.76. The summed E-state index contributed by atoms with van der Waals surface area (Å²) in [6.45, 7) is 8.19. The van der Waals surface area contributed by atoms with Gasteiger partial charge in [-0.3, -0.25) is 4.79 Å². The van der Waals surface area contributed by atoms with Crippen molar-refractivity contribution >= 4 is 18.5 Å². The van der Waals surface area contributed by atoms with Gasteiger partial charge < -0.3 is 10.2 Å². The highest BCUT2D eigenvalue weighted by Crippen LogP contribution is 2.07. The van der Waals surface area contributed by atoms with Gasteiger partial charge >= 0.3 is 0 Å². The van der Waals surface area contributed by atoms with Crippen molar-refractivity contribution in [3.63, 3.8) is 0 Å². The van der Waals surface area contributed by atoms with Gasteiger partial charge in [0, 0.05) is 17.0 Å². The second-order valence-corrected chi connectivity index (χ2v) is 4.70. The smallest absolute Gasteiger partial charge is 0.251 e. The first-order valence-electron chi connectivity index (χ1n) is 6.47. The summed E-state index contributed by atoms with van der Waals surface area (Å²) in [5.41, 5.74) is 0.690. The number of thiol groups is 1. The lowest BCUT2D eigenvalue weighted by Gasteiger charge is -2.17. The molecular formula is C14H22N2OS. The third-order valence-electron chi connectivity index (χ3n) is 2.96. The van der Waals surface area contributed by atoms with Crippen LogP contribution in [0.5, 0.6) is 0 Å². The maximum absolute atomic E-state index is 11.8. The SMILES string of the molecule is CCN(CC)CCCNC(=O)c1ccc(S)cc1. The molecule has 1 N–H and O–H groups in total. The molecule has 0 aliphatic rings. The lowest BCUT2D eigenvalue weighted by Crippen LogP contribution is -2.29. The van der Waals surface area contributed by atoms with Crippen molar-refractivity contribution in [2.75, 3.05) is 26.2 Å². The van der Waals surface area contributed by atoms with Crippen LogP contribution in [0.2, 0.25) is 0 Å². The van der Waals surface area contributed by atoms with E-state index in [0.29, 0.717) is 5.56 Å². The number of carbonyl (C=O) groups excluding carboxylic acids is 1. The summed E-state index contributed by atoms with van der Waals surface area (Å²) < 4.78 is 0. The molecule has 3 nitrogen and oxygen atoms in total. The molecule has 0 aromatic heterocycles. The molecule has 18 heavy (non-hydrogen) atoms. The zero-order valence-electron chi connectivity index (χ0n) is 11.1. The van der Waals surface area contributed by atoms with Gasteiger partial charge in [-0.05, 0) is 50.3 Å². The summed E-state index contributed by atoms with van der Waals surface area (Å²) in [6, 6.07) is 7.24. The monoisotopic (exact) mass is 266 g/mol. The van der Waals surface area contributed by atoms with E-state index in [1.807, 2.05) is 12.1 Å². The molecule has 1 aromatic rings. The van der Waals surface area contributed by atoms with E-state index in [-0.39, 0.29) is 5.91 Å². The minimum Gasteiger partial charge on any atom is -0.352 e. The Bertz CT molecular complexity index is 361. The lowest BCUT2D eigenvalue weighted by molar-refractivity contribution is 0.0952. The molecule has 0 heterocycles. The summed E-state index contributed by atoms with van der Waals surface area (Å²) in [5.74, 6) is -0.0112. The van der Waals surface area contributed by atoms with Gasteiger partial charge in [0.05, 0.1) is 0 Å². The Kier molecular flexibility index (Phi) is 6.83. The standard InChI is InChI=1S/C14H22N2OS/c1-3-16(4-2)11-5-10-15-14(17)12-6-8-13(18)9-7-12/h6-9,18H,3-5,10-11H2,1-2H3,(H,15,17). The van der Waals surface area contributed by atoms with Crippen molar-refractivity contribution in [2.24, 2.45) is 0 Å². The summed E-state index contributed by atoms with van der Waals surface area (Å²) in [6.07, 6.45) is 0.984. The van der Waals surface area contributed by atoms with Gasteiger partial charge in [0.1, 0.15) is 0 Å². The number of nitrogens with zero attached hydrogens (tertiary/aromatic N) is 1. The van der Waals surface area contributed by atoms with E-state index in [1.165, 1.54) is 0 Å². The first-order valence-corrected chi connectivity index (χ1v) is 6.91. The van der Waals surface area contributed by atoms with E-state index in [2.05, 4.69) is 36.7 Å². The summed E-state index contributed by atoms with van der Waals surface area (Å²) in [7, 11) is 0. The highest BCUT2D eigenvalue weighted by atomic mass is 32.1. The molecule has 0 saturated heterocycles. The zero-order valence-corrected chi connectivity index (χ0v) is 12.0. The fourth-order valence-corrected chi connectivity index (χ4v) is 1.91. The first-order chi connectivity index (χ1) is 8.67. The molecule has 4 heteroatoms. The van der Waals surface area contributed by atoms with Crippen LogP contribution in [0.15, 0.2) is 29.2 Å². The molecule has 0 spiro atoms. The van der Waals surface area contributed by atoms with Crippen LogP contribution in [0.3, 0.4) is 0 Å². The molecule has 1 aromatic carbocycles. The topological polar surface area (TPSA) is 32.3 Å². The average Bonchev–Trinajstić information content (AvgIpc) is 2.39. The first kappa shape index (κ1) is 15.1. The predicted molar refractivity (Wildman–Crippen MR) is 78.4 cm³/mol. The molecule has 100 valence electrons. The lowest BCUT2D eigenvalue weighted by atomic mass is 10.2. The normalized spacial score (nSPS) is 10.7. The Morgan fingerprint density at radius 2 is 1.83 bits per heavy atom. The van der Waals surface area contributed by atoms with Crippen LogP contribution in [-0.2, 0) is 0 Å². The molecule has 0 aliphatic heterocycles. The Labute approximate surface area is 115 Å². The van der Waals surface area contributed by atoms with Gasteiger partial charge in [-0.25, -0.2) is 0 Å². The molecule has 1 rings (SSSR count). The number of amides is 1. The molecule has 0 saturated carbocycles. The van der Waals surface area contributed by atoms with Gasteiger partial charge in [-0.1, -0.05) is 13.8 Å². The van der Waals surface area contributed by atoms with Crippen LogP contribution >= 0.6 is 12.6 Å². The van der Waals surface area contributed by atoms with Crippen LogP contribution in [0, 0.1) is 0 Å². The van der Waals surface area contributed by atoms with Gasteiger partial charge in [-0.15, -0.1) is 12.6 Å². The van der Waals surface area contributed by atoms with Crippen LogP contribution in [0.4, 0.5) is 0 Å². The van der Waals surface area contributed by atoms with Crippen molar-refractivity contribution in [3.05, 3.63) is 29.8 Å². The maximum Gasteiger partial charge on any atom is 0.251 e. The molecule has 1 amide bonds. The number of hydrogen-bond donors (Lipinski definition) is 2. The number of rotatable bonds is 7. The average molecular weight is 266 g/mol. The van der Waals surface area contributed by atoms with E-state index in [4.69, 9.17) is 0 Å². The summed E-state index contributed by atoms with van der Waals surface area (Å²) in [5, 5.41) is 2.93. The van der Waals surface area contributed by atoms with E-state index in [9.17, 15) is 4.79 Å². The second-order valence-electron chi connectivity index (χ2n) is 4.18. The third-order valence-corrected chi connectivity index (χ3v) is 3.26. The molecule has 0 fully saturated rings. The Balaban J connectivity index is 2.27. The predicted octanol–water partition coefficient (Wildman–Crippen LogP) is 2.44. The Hall–Kier alpha value is -1.00. The quantitative estimate of drug-likeness (QED) is 0.587. The Morgan fingerprint density at radius 3 is 2.39 bits per heavy atom. The van der Waals surface area contributed by atoms with Crippen molar-refractivity contribution in [1.82, 2.24) is 10.2 Å². The maximum atomic E-state index is 11.8. The second kappa shape index (κ2) is 8.16. The fraction of sp³-hybridized carbons (Fsp3) is 0.500. The van der Waals surface area contributed by atoms with Gasteiger partial charge in [-0.2, -0.15) is 0 Å². The molecule has 0 atom stereocenters. The largest absolute Gasteiger partial charge is 0.352 e. The van der Waals surface area contributed by atoms with Crippen molar-refractivity contribution in [2.45, 2.75) is 25.2 Å². The highest BCUT2D eigenvalue weighted by Gasteiger charge is 2.04. The van der Waals surface area contributed by atoms with Gasteiger partial charge in [0.25, 0.3) is 5.91 Å². The van der Waals surface area contributed by atoms with Crippen LogP contribution < -0.4 is 5.32 Å². The minimum absolute atomic E-state index is 0.0112. The molecule has 0 radical (unpaired) electrons. The summed E-state index contributed by atoms with van der Waals surface area (Å²) >= 11 is 4.19. The van der Waals surface area contributed by atoms with Crippen LogP contribution in [0.1, 0.15) is 30.6 Å². The molecule has 0 aliphatic carbocycles. The van der Waals surface area contributed by atoms with Crippen LogP contribution in [-0.4, -0.2) is 37.0 Å². The van der Waals surface area contributed by atoms with E-state index >= 15 is 0 Å². The zero-order chi connectivity index (χ0) is 13.4. The van der Waals surface area contributed by atoms with Crippen molar-refractivity contribution in [3.8, 4) is 0 Å². The number of nitrogens with one attached hydrogen (secondary N) is 1. The Morgan fingerprint density at radius 1 is 1.22 bits per heavy atom.